The van der Waals surface area contributed by atoms with Crippen LogP contribution in [-0.2, 0) is 10.2 Å². The summed E-state index contributed by atoms with van der Waals surface area (Å²) in [5, 5.41) is 7.84. The minimum Gasteiger partial charge on any atom is -0.381 e. The molecular weight excluding hydrogens is 499 g/mol. The predicted molar refractivity (Wildman–Crippen MR) is 133 cm³/mol. The largest absolute Gasteiger partial charge is 0.381 e. The van der Waals surface area contributed by atoms with Crippen LogP contribution in [0, 0.1) is 0 Å². The number of guanidine groups is 1. The number of halogens is 2. The van der Waals surface area contributed by atoms with Crippen molar-refractivity contribution in [3.63, 3.8) is 0 Å². The van der Waals surface area contributed by atoms with Gasteiger partial charge in [-0.2, -0.15) is 0 Å². The first-order valence-electron chi connectivity index (χ1n) is 10.8. The molecule has 2 fully saturated rings. The van der Waals surface area contributed by atoms with E-state index >= 15 is 0 Å². The predicted octanol–water partition coefficient (Wildman–Crippen LogP) is 4.05. The van der Waals surface area contributed by atoms with Crippen LogP contribution < -0.4 is 10.6 Å². The highest BCUT2D eigenvalue weighted by Crippen LogP contribution is 2.38. The molecule has 2 aliphatic rings. The molecule has 0 amide bonds. The number of aliphatic imine (C=N–C) groups is 1. The van der Waals surface area contributed by atoms with Gasteiger partial charge in [-0.05, 0) is 57.3 Å². The Bertz CT molecular complexity index is 651. The number of likely N-dealkylation sites (N-methyl/N-ethyl adjacent to an activating group) is 1. The maximum atomic E-state index is 6.58. The molecular formula is C22H36ClIN4O. The Morgan fingerprint density at radius 3 is 2.69 bits per heavy atom. The summed E-state index contributed by atoms with van der Waals surface area (Å²) in [7, 11) is 0. The topological polar surface area (TPSA) is 48.9 Å². The summed E-state index contributed by atoms with van der Waals surface area (Å²) in [5.74, 6) is 0.906. The number of likely N-dealkylation sites (tertiary alicyclic amines) is 1. The second-order valence-corrected chi connectivity index (χ2v) is 8.28. The molecule has 2 N–H and O–H groups in total. The lowest BCUT2D eigenvalue weighted by molar-refractivity contribution is 0.0531. The summed E-state index contributed by atoms with van der Waals surface area (Å²) in [4.78, 5) is 7.56. The van der Waals surface area contributed by atoms with E-state index in [2.05, 4.69) is 41.5 Å². The standard InChI is InChI=1S/C22H35ClN4O.HI/c1-3-24-21(25-16-18-8-7-13-27(18)4-2)26-17-22(11-14-28-15-12-22)19-9-5-6-10-20(19)23;/h5-6,9-10,18H,3-4,7-8,11-17H2,1-2H3,(H2,24,25,26);1H. The molecule has 0 aromatic heterocycles. The molecule has 1 aromatic rings. The van der Waals surface area contributed by atoms with Gasteiger partial charge in [-0.25, -0.2) is 0 Å². The third-order valence-corrected chi connectivity index (χ3v) is 6.52. The zero-order valence-electron chi connectivity index (χ0n) is 17.8. The lowest BCUT2D eigenvalue weighted by atomic mass is 9.74. The first-order valence-corrected chi connectivity index (χ1v) is 11.2. The molecule has 1 aromatic carbocycles. The molecule has 5 nitrogen and oxygen atoms in total. The van der Waals surface area contributed by atoms with E-state index in [4.69, 9.17) is 21.3 Å². The summed E-state index contributed by atoms with van der Waals surface area (Å²) < 4.78 is 5.65. The number of nitrogens with zero attached hydrogens (tertiary/aromatic N) is 2. The van der Waals surface area contributed by atoms with E-state index in [1.54, 1.807) is 0 Å². The van der Waals surface area contributed by atoms with E-state index in [9.17, 15) is 0 Å². The van der Waals surface area contributed by atoms with Crippen LogP contribution in [-0.4, -0.2) is 62.8 Å². The molecule has 0 radical (unpaired) electrons. The molecule has 7 heteroatoms. The fraction of sp³-hybridized carbons (Fsp3) is 0.682. The van der Waals surface area contributed by atoms with Crippen molar-refractivity contribution in [1.29, 1.82) is 0 Å². The Labute approximate surface area is 198 Å². The number of nitrogens with one attached hydrogen (secondary N) is 2. The minimum absolute atomic E-state index is 0. The van der Waals surface area contributed by atoms with E-state index in [0.29, 0.717) is 6.04 Å². The minimum atomic E-state index is -0.0538. The van der Waals surface area contributed by atoms with Gasteiger partial charge in [-0.15, -0.1) is 24.0 Å². The Kier molecular flexibility index (Phi) is 10.5. The fourth-order valence-electron chi connectivity index (χ4n) is 4.50. The monoisotopic (exact) mass is 534 g/mol. The van der Waals surface area contributed by atoms with Crippen molar-refractivity contribution in [3.05, 3.63) is 34.9 Å². The molecule has 1 unspecified atom stereocenters. The van der Waals surface area contributed by atoms with E-state index in [-0.39, 0.29) is 29.4 Å². The average molecular weight is 535 g/mol. The van der Waals surface area contributed by atoms with Gasteiger partial charge in [0.1, 0.15) is 0 Å². The van der Waals surface area contributed by atoms with Crippen molar-refractivity contribution in [3.8, 4) is 0 Å². The summed E-state index contributed by atoms with van der Waals surface area (Å²) in [6, 6.07) is 8.82. The van der Waals surface area contributed by atoms with Crippen LogP contribution in [0.15, 0.2) is 29.3 Å². The average Bonchev–Trinajstić information content (AvgIpc) is 3.19. The molecule has 2 heterocycles. The first-order chi connectivity index (χ1) is 13.7. The van der Waals surface area contributed by atoms with Crippen molar-refractivity contribution in [2.45, 2.75) is 51.0 Å². The normalized spacial score (nSPS) is 22.2. The first kappa shape index (κ1) is 24.7. The molecule has 164 valence electrons. The highest BCUT2D eigenvalue weighted by molar-refractivity contribution is 14.0. The highest BCUT2D eigenvalue weighted by Gasteiger charge is 2.36. The maximum Gasteiger partial charge on any atom is 0.191 e. The van der Waals surface area contributed by atoms with E-state index in [1.807, 2.05) is 12.1 Å². The third kappa shape index (κ3) is 6.45. The SMILES string of the molecule is CCNC(=NCC1(c2ccccc2Cl)CCOCC1)NCC1CCCN1CC.I. The van der Waals surface area contributed by atoms with Gasteiger partial charge in [0.05, 0.1) is 6.54 Å². The Balaban J connectivity index is 0.00000300. The summed E-state index contributed by atoms with van der Waals surface area (Å²) in [5.41, 5.74) is 1.15. The van der Waals surface area contributed by atoms with Crippen molar-refractivity contribution in [2.24, 2.45) is 4.99 Å². The number of benzene rings is 1. The molecule has 0 aliphatic carbocycles. The number of ether oxygens (including phenoxy) is 1. The number of rotatable bonds is 7. The smallest absolute Gasteiger partial charge is 0.191 e. The zero-order valence-corrected chi connectivity index (χ0v) is 20.8. The maximum absolute atomic E-state index is 6.58. The van der Waals surface area contributed by atoms with Crippen molar-refractivity contribution < 1.29 is 4.74 Å². The summed E-state index contributed by atoms with van der Waals surface area (Å²) >= 11 is 6.58. The summed E-state index contributed by atoms with van der Waals surface area (Å²) in [6.45, 7) is 10.7. The molecule has 29 heavy (non-hydrogen) atoms. The van der Waals surface area contributed by atoms with Crippen LogP contribution in [0.5, 0.6) is 0 Å². The van der Waals surface area contributed by atoms with Crippen LogP contribution in [0.4, 0.5) is 0 Å². The van der Waals surface area contributed by atoms with Crippen LogP contribution in [0.25, 0.3) is 0 Å². The molecule has 3 rings (SSSR count). The highest BCUT2D eigenvalue weighted by atomic mass is 127. The lowest BCUT2D eigenvalue weighted by Gasteiger charge is -2.37. The van der Waals surface area contributed by atoms with Gasteiger partial charge in [0.25, 0.3) is 0 Å². The number of hydrogen-bond donors (Lipinski definition) is 2. The summed E-state index contributed by atoms with van der Waals surface area (Å²) in [6.07, 6.45) is 4.46. The zero-order chi connectivity index (χ0) is 19.8. The molecule has 0 saturated carbocycles. The van der Waals surface area contributed by atoms with Crippen molar-refractivity contribution in [1.82, 2.24) is 15.5 Å². The second kappa shape index (κ2) is 12.3. The van der Waals surface area contributed by atoms with Crippen LogP contribution in [0.1, 0.15) is 45.1 Å². The lowest BCUT2D eigenvalue weighted by Crippen LogP contribution is -2.46. The fourth-order valence-corrected chi connectivity index (χ4v) is 4.83. The molecule has 2 saturated heterocycles. The Hall–Kier alpha value is -0.570. The molecule has 0 bridgehead atoms. The molecule has 2 aliphatic heterocycles. The van der Waals surface area contributed by atoms with E-state index in [0.717, 1.165) is 63.2 Å². The second-order valence-electron chi connectivity index (χ2n) is 7.87. The Morgan fingerprint density at radius 2 is 2.00 bits per heavy atom. The van der Waals surface area contributed by atoms with Gasteiger partial charge in [0.15, 0.2) is 5.96 Å². The van der Waals surface area contributed by atoms with Gasteiger partial charge in [0.2, 0.25) is 0 Å². The van der Waals surface area contributed by atoms with Crippen molar-refractivity contribution >= 4 is 41.5 Å². The molecule has 1 atom stereocenters. The Morgan fingerprint density at radius 1 is 1.24 bits per heavy atom. The van der Waals surface area contributed by atoms with Gasteiger partial charge in [-0.1, -0.05) is 36.7 Å². The van der Waals surface area contributed by atoms with Gasteiger partial charge in [0, 0.05) is 42.8 Å². The van der Waals surface area contributed by atoms with Crippen molar-refractivity contribution in [2.75, 3.05) is 45.9 Å². The molecule has 0 spiro atoms. The van der Waals surface area contributed by atoms with E-state index < -0.39 is 0 Å². The van der Waals surface area contributed by atoms with Crippen LogP contribution >= 0.6 is 35.6 Å². The van der Waals surface area contributed by atoms with Crippen LogP contribution in [0.2, 0.25) is 5.02 Å². The van der Waals surface area contributed by atoms with Crippen LogP contribution in [0.3, 0.4) is 0 Å². The number of hydrogen-bond acceptors (Lipinski definition) is 3. The quantitative estimate of drug-likeness (QED) is 0.315. The van der Waals surface area contributed by atoms with Gasteiger partial charge >= 0.3 is 0 Å². The van der Waals surface area contributed by atoms with Gasteiger partial charge in [-0.3, -0.25) is 9.89 Å². The van der Waals surface area contributed by atoms with Gasteiger partial charge < -0.3 is 15.4 Å². The van der Waals surface area contributed by atoms with E-state index in [1.165, 1.54) is 24.9 Å². The third-order valence-electron chi connectivity index (χ3n) is 6.19.